The van der Waals surface area contributed by atoms with E-state index in [4.69, 9.17) is 9.26 Å². The number of halogens is 2. The van der Waals surface area contributed by atoms with Gasteiger partial charge in [-0.3, -0.25) is 0 Å². The smallest absolute Gasteiger partial charge is 0.229 e. The van der Waals surface area contributed by atoms with Gasteiger partial charge in [0.05, 0.1) is 11.3 Å². The van der Waals surface area contributed by atoms with Gasteiger partial charge in [0.15, 0.2) is 11.5 Å². The number of rotatable bonds is 5. The number of nitrogens with zero attached hydrogens (tertiary/aromatic N) is 5. The van der Waals surface area contributed by atoms with E-state index < -0.39 is 11.6 Å². The lowest BCUT2D eigenvalue weighted by Crippen LogP contribution is -2.24. The summed E-state index contributed by atoms with van der Waals surface area (Å²) in [6.45, 7) is 7.37. The lowest BCUT2D eigenvalue weighted by Gasteiger charge is -2.27. The van der Waals surface area contributed by atoms with Crippen molar-refractivity contribution >= 4 is 5.65 Å². The molecule has 9 heteroatoms. The monoisotopic (exact) mass is 467 g/mol. The molecular weight excluding hydrogens is 440 g/mol. The maximum atomic E-state index is 14.7. The van der Waals surface area contributed by atoms with Crippen molar-refractivity contribution in [2.75, 3.05) is 0 Å². The summed E-state index contributed by atoms with van der Waals surface area (Å²) in [6, 6.07) is 4.14. The van der Waals surface area contributed by atoms with Crippen molar-refractivity contribution in [3.63, 3.8) is 0 Å². The molecule has 0 spiro atoms. The molecule has 34 heavy (non-hydrogen) atoms. The molecule has 0 N–H and O–H groups in total. The highest BCUT2D eigenvalue weighted by Crippen LogP contribution is 2.36. The summed E-state index contributed by atoms with van der Waals surface area (Å²) < 4.78 is 42.3. The summed E-state index contributed by atoms with van der Waals surface area (Å²) in [7, 11) is 0. The van der Waals surface area contributed by atoms with Crippen molar-refractivity contribution < 1.29 is 18.0 Å². The van der Waals surface area contributed by atoms with Crippen LogP contribution < -0.4 is 4.74 Å². The van der Waals surface area contributed by atoms with Gasteiger partial charge in [0.25, 0.3) is 0 Å². The Hall–Kier alpha value is -3.36. The van der Waals surface area contributed by atoms with Gasteiger partial charge < -0.3 is 9.26 Å². The van der Waals surface area contributed by atoms with Crippen molar-refractivity contribution in [1.29, 1.82) is 0 Å². The van der Waals surface area contributed by atoms with Crippen LogP contribution in [0.4, 0.5) is 8.78 Å². The fourth-order valence-electron chi connectivity index (χ4n) is 4.52. The second-order valence-electron chi connectivity index (χ2n) is 9.30. The van der Waals surface area contributed by atoms with E-state index >= 15 is 0 Å². The van der Waals surface area contributed by atoms with Gasteiger partial charge in [-0.1, -0.05) is 19.0 Å². The van der Waals surface area contributed by atoms with Gasteiger partial charge in [-0.2, -0.15) is 14.6 Å². The third-order valence-electron chi connectivity index (χ3n) is 6.46. The second-order valence-corrected chi connectivity index (χ2v) is 9.30. The molecule has 4 aromatic rings. The van der Waals surface area contributed by atoms with Crippen LogP contribution in [-0.4, -0.2) is 30.8 Å². The number of ether oxygens (including phenoxy) is 1. The zero-order valence-corrected chi connectivity index (χ0v) is 19.7. The van der Waals surface area contributed by atoms with E-state index in [2.05, 4.69) is 20.2 Å². The third kappa shape index (κ3) is 4.03. The van der Waals surface area contributed by atoms with E-state index in [1.165, 1.54) is 19.1 Å². The van der Waals surface area contributed by atoms with E-state index in [0.717, 1.165) is 31.5 Å². The SMILES string of the molecule is Cc1cc(F)c(-c2c(C)nn3c(OC4CCC(c5nc(C(C)C)no5)CC4)ccnc23)cc1F. The van der Waals surface area contributed by atoms with Crippen LogP contribution in [0.5, 0.6) is 5.88 Å². The highest BCUT2D eigenvalue weighted by Gasteiger charge is 2.29. The zero-order chi connectivity index (χ0) is 24.0. The van der Waals surface area contributed by atoms with E-state index in [-0.39, 0.29) is 29.1 Å². The van der Waals surface area contributed by atoms with Crippen molar-refractivity contribution in [3.05, 3.63) is 59.0 Å². The molecule has 1 aliphatic rings. The molecular formula is C25H27F2N5O2. The molecule has 0 amide bonds. The molecule has 3 aromatic heterocycles. The van der Waals surface area contributed by atoms with Gasteiger partial charge in [0, 0.05) is 29.7 Å². The van der Waals surface area contributed by atoms with Crippen LogP contribution in [0.25, 0.3) is 16.8 Å². The molecule has 1 aliphatic carbocycles. The maximum absolute atomic E-state index is 14.7. The standard InChI is InChI=1S/C25H27F2N5O2/c1-13(2)23-29-25(34-31-23)16-5-7-17(8-6-16)33-21-9-10-28-24-22(15(4)30-32(21)24)18-12-19(26)14(3)11-20(18)27/h9-13,16-17H,5-8H2,1-4H3. The first-order valence-electron chi connectivity index (χ1n) is 11.6. The molecule has 7 nitrogen and oxygen atoms in total. The van der Waals surface area contributed by atoms with Crippen LogP contribution >= 0.6 is 0 Å². The largest absolute Gasteiger partial charge is 0.474 e. The summed E-state index contributed by atoms with van der Waals surface area (Å²) in [6.07, 6.45) is 5.04. The summed E-state index contributed by atoms with van der Waals surface area (Å²) in [4.78, 5) is 8.94. The Balaban J connectivity index is 1.36. The van der Waals surface area contributed by atoms with Gasteiger partial charge in [-0.15, -0.1) is 0 Å². The minimum atomic E-state index is -0.509. The van der Waals surface area contributed by atoms with Crippen molar-refractivity contribution in [2.24, 2.45) is 0 Å². The second kappa shape index (κ2) is 8.77. The molecule has 178 valence electrons. The molecule has 1 saturated carbocycles. The van der Waals surface area contributed by atoms with Crippen molar-refractivity contribution in [2.45, 2.75) is 71.3 Å². The molecule has 0 unspecified atom stereocenters. The first-order chi connectivity index (χ1) is 16.3. The van der Waals surface area contributed by atoms with Gasteiger partial charge in [0.2, 0.25) is 11.8 Å². The fourth-order valence-corrected chi connectivity index (χ4v) is 4.52. The van der Waals surface area contributed by atoms with Crippen molar-refractivity contribution in [1.82, 2.24) is 24.7 Å². The van der Waals surface area contributed by atoms with E-state index in [1.807, 2.05) is 13.8 Å². The lowest BCUT2D eigenvalue weighted by atomic mass is 9.87. The average molecular weight is 468 g/mol. The molecule has 1 fully saturated rings. The van der Waals surface area contributed by atoms with Crippen LogP contribution in [0.1, 0.15) is 74.3 Å². The first kappa shape index (κ1) is 22.4. The Morgan fingerprint density at radius 3 is 2.56 bits per heavy atom. The maximum Gasteiger partial charge on any atom is 0.229 e. The summed E-state index contributed by atoms with van der Waals surface area (Å²) in [5, 5.41) is 8.61. The molecule has 5 rings (SSSR count). The number of hydrogen-bond acceptors (Lipinski definition) is 6. The number of aryl methyl sites for hydroxylation is 2. The van der Waals surface area contributed by atoms with Crippen LogP contribution in [0, 0.1) is 25.5 Å². The number of fused-ring (bicyclic) bond motifs is 1. The highest BCUT2D eigenvalue weighted by molar-refractivity contribution is 5.80. The Bertz CT molecular complexity index is 1340. The molecule has 0 bridgehead atoms. The van der Waals surface area contributed by atoms with Gasteiger partial charge in [0.1, 0.15) is 17.7 Å². The van der Waals surface area contributed by atoms with Gasteiger partial charge in [-0.05, 0) is 57.2 Å². The van der Waals surface area contributed by atoms with Gasteiger partial charge >= 0.3 is 0 Å². The first-order valence-corrected chi connectivity index (χ1v) is 11.6. The van der Waals surface area contributed by atoms with Crippen LogP contribution in [0.15, 0.2) is 28.9 Å². The fraction of sp³-hybridized carbons (Fsp3) is 0.440. The number of aromatic nitrogens is 5. The Kier molecular flexibility index (Phi) is 5.79. The Morgan fingerprint density at radius 1 is 1.09 bits per heavy atom. The summed E-state index contributed by atoms with van der Waals surface area (Å²) in [5.74, 6) is 1.45. The molecule has 0 atom stereocenters. The molecule has 0 saturated heterocycles. The predicted octanol–water partition coefficient (Wildman–Crippen LogP) is 5.90. The molecule has 0 aliphatic heterocycles. The average Bonchev–Trinajstić information content (AvgIpc) is 3.42. The number of hydrogen-bond donors (Lipinski definition) is 0. The molecule has 3 heterocycles. The minimum absolute atomic E-state index is 0.00384. The van der Waals surface area contributed by atoms with Crippen molar-refractivity contribution in [3.8, 4) is 17.0 Å². The van der Waals surface area contributed by atoms with Gasteiger partial charge in [-0.25, -0.2) is 13.8 Å². The van der Waals surface area contributed by atoms with E-state index in [0.29, 0.717) is 28.7 Å². The quantitative estimate of drug-likeness (QED) is 0.363. The topological polar surface area (TPSA) is 78.3 Å². The minimum Gasteiger partial charge on any atom is -0.474 e. The molecule has 1 aromatic carbocycles. The lowest BCUT2D eigenvalue weighted by molar-refractivity contribution is 0.130. The van der Waals surface area contributed by atoms with E-state index in [1.54, 1.807) is 23.7 Å². The van der Waals surface area contributed by atoms with E-state index in [9.17, 15) is 8.78 Å². The zero-order valence-electron chi connectivity index (χ0n) is 19.7. The summed E-state index contributed by atoms with van der Waals surface area (Å²) >= 11 is 0. The van der Waals surface area contributed by atoms with Crippen LogP contribution in [0.3, 0.4) is 0 Å². The highest BCUT2D eigenvalue weighted by atomic mass is 19.1. The predicted molar refractivity (Wildman–Crippen MR) is 122 cm³/mol. The third-order valence-corrected chi connectivity index (χ3v) is 6.46. The Labute approximate surface area is 196 Å². The molecule has 0 radical (unpaired) electrons. The Morgan fingerprint density at radius 2 is 1.85 bits per heavy atom. The summed E-state index contributed by atoms with van der Waals surface area (Å²) in [5.41, 5.74) is 1.83. The van der Waals surface area contributed by atoms with Crippen LogP contribution in [-0.2, 0) is 0 Å². The number of benzene rings is 1. The normalized spacial score (nSPS) is 18.7. The van der Waals surface area contributed by atoms with Crippen LogP contribution in [0.2, 0.25) is 0 Å².